The molecule has 4 heteroatoms. The van der Waals surface area contributed by atoms with Crippen LogP contribution in [-0.4, -0.2) is 11.8 Å². The summed E-state index contributed by atoms with van der Waals surface area (Å²) < 4.78 is 0. The lowest BCUT2D eigenvalue weighted by molar-refractivity contribution is -0.127. The van der Waals surface area contributed by atoms with E-state index in [1.165, 1.54) is 6.08 Å². The zero-order valence-electron chi connectivity index (χ0n) is 15.9. The molecule has 1 fully saturated rings. The lowest BCUT2D eigenvalue weighted by Crippen LogP contribution is -2.42. The molecule has 0 heterocycles. The van der Waals surface area contributed by atoms with E-state index in [9.17, 15) is 9.59 Å². The third-order valence-electron chi connectivity index (χ3n) is 5.39. The predicted octanol–water partition coefficient (Wildman–Crippen LogP) is 3.85. The largest absolute Gasteiger partial charge is 0.273 e. The van der Waals surface area contributed by atoms with Crippen LogP contribution in [0.25, 0.3) is 6.08 Å². The van der Waals surface area contributed by atoms with E-state index in [-0.39, 0.29) is 23.1 Å². The monoisotopic (exact) mass is 382 g/mol. The van der Waals surface area contributed by atoms with Crippen molar-refractivity contribution in [2.24, 2.45) is 5.92 Å². The van der Waals surface area contributed by atoms with Crippen molar-refractivity contribution in [2.75, 3.05) is 0 Å². The molecule has 2 amide bonds. The Morgan fingerprint density at radius 3 is 1.83 bits per heavy atom. The van der Waals surface area contributed by atoms with E-state index in [4.69, 9.17) is 0 Å². The lowest BCUT2D eigenvalue weighted by Gasteiger charge is -2.19. The van der Waals surface area contributed by atoms with E-state index in [2.05, 4.69) is 35.1 Å². The number of amides is 2. The highest BCUT2D eigenvalue weighted by molar-refractivity contribution is 5.94. The highest BCUT2D eigenvalue weighted by Crippen LogP contribution is 2.58. The second-order valence-electron chi connectivity index (χ2n) is 7.18. The molecule has 0 aromatic heterocycles. The topological polar surface area (TPSA) is 58.2 Å². The van der Waals surface area contributed by atoms with E-state index in [1.54, 1.807) is 6.08 Å². The predicted molar refractivity (Wildman–Crippen MR) is 114 cm³/mol. The number of hydrogen-bond donors (Lipinski definition) is 2. The molecule has 1 saturated carbocycles. The fourth-order valence-electron chi connectivity index (χ4n) is 3.84. The van der Waals surface area contributed by atoms with Gasteiger partial charge in [0.2, 0.25) is 5.91 Å². The van der Waals surface area contributed by atoms with Gasteiger partial charge in [0.25, 0.3) is 5.91 Å². The van der Waals surface area contributed by atoms with Crippen molar-refractivity contribution < 1.29 is 9.59 Å². The smallest absolute Gasteiger partial charge is 0.262 e. The quantitative estimate of drug-likeness (QED) is 0.520. The Kier molecular flexibility index (Phi) is 5.25. The minimum atomic E-state index is -0.368. The maximum atomic E-state index is 12.8. The number of hydrazine groups is 1. The number of carbonyl (C=O) groups is 2. The van der Waals surface area contributed by atoms with Gasteiger partial charge in [0.1, 0.15) is 0 Å². The summed E-state index contributed by atoms with van der Waals surface area (Å²) in [6.07, 6.45) is 3.82. The summed E-state index contributed by atoms with van der Waals surface area (Å²) in [5.41, 5.74) is 7.87. The molecule has 0 bridgehead atoms. The van der Waals surface area contributed by atoms with Gasteiger partial charge in [0, 0.05) is 11.5 Å². The average Bonchev–Trinajstić information content (AvgIpc) is 3.55. The van der Waals surface area contributed by atoms with E-state index in [1.807, 2.05) is 66.7 Å². The molecule has 1 unspecified atom stereocenters. The summed E-state index contributed by atoms with van der Waals surface area (Å²) in [4.78, 5) is 24.8. The van der Waals surface area contributed by atoms with Crippen LogP contribution in [0.1, 0.15) is 23.1 Å². The lowest BCUT2D eigenvalue weighted by atomic mass is 9.85. The molecule has 144 valence electrons. The van der Waals surface area contributed by atoms with Crippen LogP contribution in [0.15, 0.2) is 97.1 Å². The standard InChI is InChI=1S/C25H22N2O2/c28-23(17-16-19-10-4-1-5-11-19)26-27-24(29)22-18-25(22,20-12-6-2-7-13-20)21-14-8-3-9-15-21/h1-17,22H,18H2,(H,26,28)(H,27,29)/b17-16+. The number of carbonyl (C=O) groups excluding carboxylic acids is 2. The summed E-state index contributed by atoms with van der Waals surface area (Å²) in [6.45, 7) is 0. The molecule has 1 aliphatic rings. The molecule has 0 saturated heterocycles. The molecule has 1 aliphatic carbocycles. The van der Waals surface area contributed by atoms with Crippen molar-refractivity contribution in [3.63, 3.8) is 0 Å². The van der Waals surface area contributed by atoms with Gasteiger partial charge in [0.15, 0.2) is 0 Å². The molecule has 3 aromatic carbocycles. The number of rotatable bonds is 5. The summed E-state index contributed by atoms with van der Waals surface area (Å²) in [6, 6.07) is 29.7. The molecule has 1 atom stereocenters. The zero-order valence-corrected chi connectivity index (χ0v) is 15.9. The van der Waals surface area contributed by atoms with Gasteiger partial charge in [-0.05, 0) is 29.2 Å². The van der Waals surface area contributed by atoms with Gasteiger partial charge < -0.3 is 0 Å². The Morgan fingerprint density at radius 2 is 1.28 bits per heavy atom. The van der Waals surface area contributed by atoms with Crippen LogP contribution in [0, 0.1) is 5.92 Å². The van der Waals surface area contributed by atoms with Crippen LogP contribution < -0.4 is 10.9 Å². The average molecular weight is 382 g/mol. The number of hydrogen-bond acceptors (Lipinski definition) is 2. The molecule has 4 rings (SSSR count). The Bertz CT molecular complexity index is 975. The number of benzene rings is 3. The molecule has 29 heavy (non-hydrogen) atoms. The van der Waals surface area contributed by atoms with Crippen LogP contribution in [0.2, 0.25) is 0 Å². The maximum Gasteiger partial charge on any atom is 0.262 e. The highest BCUT2D eigenvalue weighted by atomic mass is 16.2. The first-order valence-electron chi connectivity index (χ1n) is 9.64. The maximum absolute atomic E-state index is 12.8. The van der Waals surface area contributed by atoms with Crippen LogP contribution in [0.4, 0.5) is 0 Å². The molecule has 3 aromatic rings. The normalized spacial score (nSPS) is 16.9. The van der Waals surface area contributed by atoms with E-state index < -0.39 is 0 Å². The fraction of sp³-hybridized carbons (Fsp3) is 0.120. The van der Waals surface area contributed by atoms with Crippen molar-refractivity contribution in [1.29, 1.82) is 0 Å². The van der Waals surface area contributed by atoms with Gasteiger partial charge >= 0.3 is 0 Å². The molecule has 4 nitrogen and oxygen atoms in total. The molecule has 0 aliphatic heterocycles. The summed E-state index contributed by atoms with van der Waals surface area (Å²) in [5.74, 6) is -0.780. The van der Waals surface area contributed by atoms with Gasteiger partial charge in [-0.25, -0.2) is 0 Å². The minimum Gasteiger partial charge on any atom is -0.273 e. The van der Waals surface area contributed by atoms with Gasteiger partial charge in [-0.15, -0.1) is 0 Å². The first kappa shape index (κ1) is 18.7. The third kappa shape index (κ3) is 3.97. The fourth-order valence-corrected chi connectivity index (χ4v) is 3.84. The SMILES string of the molecule is O=C(/C=C/c1ccccc1)NNC(=O)C1CC1(c1ccccc1)c1ccccc1. The Hall–Kier alpha value is -3.66. The molecule has 2 N–H and O–H groups in total. The van der Waals surface area contributed by atoms with E-state index >= 15 is 0 Å². The minimum absolute atomic E-state index is 0.181. The van der Waals surface area contributed by atoms with Crippen LogP contribution in [-0.2, 0) is 15.0 Å². The van der Waals surface area contributed by atoms with Crippen LogP contribution in [0.5, 0.6) is 0 Å². The van der Waals surface area contributed by atoms with E-state index in [0.29, 0.717) is 6.42 Å². The second kappa shape index (κ2) is 8.15. The summed E-state index contributed by atoms with van der Waals surface area (Å²) in [7, 11) is 0. The molecule has 0 spiro atoms. The van der Waals surface area contributed by atoms with Crippen molar-refractivity contribution in [3.05, 3.63) is 114 Å². The van der Waals surface area contributed by atoms with E-state index in [0.717, 1.165) is 16.7 Å². The van der Waals surface area contributed by atoms with Crippen LogP contribution >= 0.6 is 0 Å². The number of nitrogens with one attached hydrogen (secondary N) is 2. The first-order valence-corrected chi connectivity index (χ1v) is 9.64. The van der Waals surface area contributed by atoms with Gasteiger partial charge in [-0.3, -0.25) is 20.4 Å². The summed E-state index contributed by atoms with van der Waals surface area (Å²) >= 11 is 0. The molecular weight excluding hydrogens is 360 g/mol. The zero-order chi connectivity index (χ0) is 20.1. The molecular formula is C25H22N2O2. The van der Waals surface area contributed by atoms with Gasteiger partial charge in [-0.2, -0.15) is 0 Å². The van der Waals surface area contributed by atoms with Gasteiger partial charge in [0.05, 0.1) is 5.92 Å². The van der Waals surface area contributed by atoms with Crippen molar-refractivity contribution in [1.82, 2.24) is 10.9 Å². The van der Waals surface area contributed by atoms with Crippen molar-refractivity contribution in [3.8, 4) is 0 Å². The van der Waals surface area contributed by atoms with Crippen LogP contribution in [0.3, 0.4) is 0 Å². The Labute approximate surface area is 170 Å². The highest BCUT2D eigenvalue weighted by Gasteiger charge is 2.60. The van der Waals surface area contributed by atoms with Crippen molar-refractivity contribution >= 4 is 17.9 Å². The third-order valence-corrected chi connectivity index (χ3v) is 5.39. The van der Waals surface area contributed by atoms with Gasteiger partial charge in [-0.1, -0.05) is 91.0 Å². The Morgan fingerprint density at radius 1 is 0.759 bits per heavy atom. The van der Waals surface area contributed by atoms with Crippen molar-refractivity contribution in [2.45, 2.75) is 11.8 Å². The summed E-state index contributed by atoms with van der Waals surface area (Å²) in [5, 5.41) is 0. The Balaban J connectivity index is 1.44. The second-order valence-corrected chi connectivity index (χ2v) is 7.18. The first-order chi connectivity index (χ1) is 14.2. The molecule has 0 radical (unpaired) electrons.